The van der Waals surface area contributed by atoms with Gasteiger partial charge in [-0.25, -0.2) is 0 Å². The van der Waals surface area contributed by atoms with E-state index in [1.807, 2.05) is 18.2 Å². The zero-order chi connectivity index (χ0) is 23.4. The number of carbonyl (C=O) groups excluding carboxylic acids is 3. The third-order valence-electron chi connectivity index (χ3n) is 6.29. The lowest BCUT2D eigenvalue weighted by Crippen LogP contribution is -2.40. The summed E-state index contributed by atoms with van der Waals surface area (Å²) < 4.78 is 10.8. The van der Waals surface area contributed by atoms with E-state index in [-0.39, 0.29) is 30.3 Å². The summed E-state index contributed by atoms with van der Waals surface area (Å²) in [5, 5.41) is 2.73. The fourth-order valence-corrected chi connectivity index (χ4v) is 4.56. The molecule has 0 saturated carbocycles. The van der Waals surface area contributed by atoms with Crippen LogP contribution in [0.5, 0.6) is 11.5 Å². The van der Waals surface area contributed by atoms with Gasteiger partial charge in [0.25, 0.3) is 5.91 Å². The lowest BCUT2D eigenvalue weighted by Gasteiger charge is -2.26. The molecule has 0 radical (unpaired) electrons. The zero-order valence-electron chi connectivity index (χ0n) is 19.0. The van der Waals surface area contributed by atoms with Crippen molar-refractivity contribution in [3.63, 3.8) is 0 Å². The summed E-state index contributed by atoms with van der Waals surface area (Å²) >= 11 is 0. The Kier molecular flexibility index (Phi) is 6.82. The molecule has 0 spiro atoms. The summed E-state index contributed by atoms with van der Waals surface area (Å²) in [5.74, 6) is 1.02. The normalized spacial score (nSPS) is 17.9. The lowest BCUT2D eigenvalue weighted by atomic mass is 10.0. The van der Waals surface area contributed by atoms with Crippen LogP contribution in [-0.4, -0.2) is 56.5 Å². The first kappa shape index (κ1) is 22.6. The number of carbonyl (C=O) groups is 3. The number of nitrogens with zero attached hydrogens (tertiary/aromatic N) is 2. The van der Waals surface area contributed by atoms with Crippen molar-refractivity contribution in [1.82, 2.24) is 10.2 Å². The van der Waals surface area contributed by atoms with Crippen molar-refractivity contribution >= 4 is 23.4 Å². The average molecular weight is 452 g/mol. The first-order valence-electron chi connectivity index (χ1n) is 11.2. The molecule has 2 fully saturated rings. The second-order valence-electron chi connectivity index (χ2n) is 8.23. The Bertz CT molecular complexity index is 1040. The summed E-state index contributed by atoms with van der Waals surface area (Å²) in [6.45, 7) is 1.25. The van der Waals surface area contributed by atoms with Crippen LogP contribution in [0.15, 0.2) is 42.5 Å². The zero-order valence-corrected chi connectivity index (χ0v) is 19.0. The van der Waals surface area contributed by atoms with Crippen LogP contribution in [0, 0.1) is 0 Å². The number of amides is 3. The van der Waals surface area contributed by atoms with Crippen LogP contribution in [0.3, 0.4) is 0 Å². The first-order chi connectivity index (χ1) is 16.0. The molecule has 2 aromatic carbocycles. The van der Waals surface area contributed by atoms with Gasteiger partial charge in [-0.2, -0.15) is 0 Å². The monoisotopic (exact) mass is 451 g/mol. The minimum absolute atomic E-state index is 0.0832. The van der Waals surface area contributed by atoms with Gasteiger partial charge in [0.05, 0.1) is 26.8 Å². The molecular weight excluding hydrogens is 422 g/mol. The Morgan fingerprint density at radius 2 is 1.82 bits per heavy atom. The van der Waals surface area contributed by atoms with Gasteiger partial charge in [-0.1, -0.05) is 0 Å². The van der Waals surface area contributed by atoms with Crippen molar-refractivity contribution in [3.8, 4) is 11.5 Å². The minimum Gasteiger partial charge on any atom is -0.497 e. The largest absolute Gasteiger partial charge is 0.497 e. The number of benzene rings is 2. The number of hydrogen-bond acceptors (Lipinski definition) is 5. The molecule has 0 aliphatic carbocycles. The Morgan fingerprint density at radius 1 is 1.03 bits per heavy atom. The van der Waals surface area contributed by atoms with Gasteiger partial charge in [-0.05, 0) is 55.7 Å². The highest BCUT2D eigenvalue weighted by Gasteiger charge is 2.32. The summed E-state index contributed by atoms with van der Waals surface area (Å²) in [6, 6.07) is 12.4. The van der Waals surface area contributed by atoms with Crippen LogP contribution in [0.1, 0.15) is 47.6 Å². The molecule has 4 rings (SSSR count). The second kappa shape index (κ2) is 9.94. The second-order valence-corrected chi connectivity index (χ2v) is 8.23. The van der Waals surface area contributed by atoms with Crippen molar-refractivity contribution in [2.45, 2.75) is 31.7 Å². The van der Waals surface area contributed by atoms with E-state index in [0.717, 1.165) is 30.5 Å². The highest BCUT2D eigenvalue weighted by atomic mass is 16.5. The third kappa shape index (κ3) is 4.79. The molecule has 33 heavy (non-hydrogen) atoms. The lowest BCUT2D eigenvalue weighted by molar-refractivity contribution is -0.131. The molecule has 2 heterocycles. The molecule has 2 aliphatic heterocycles. The van der Waals surface area contributed by atoms with E-state index < -0.39 is 0 Å². The Labute approximate surface area is 193 Å². The van der Waals surface area contributed by atoms with Crippen LogP contribution < -0.4 is 19.7 Å². The van der Waals surface area contributed by atoms with Crippen LogP contribution in [0.25, 0.3) is 0 Å². The summed E-state index contributed by atoms with van der Waals surface area (Å²) in [6.07, 6.45) is 3.13. The number of anilines is 1. The van der Waals surface area contributed by atoms with Gasteiger partial charge >= 0.3 is 0 Å². The van der Waals surface area contributed by atoms with Crippen molar-refractivity contribution < 1.29 is 23.9 Å². The van der Waals surface area contributed by atoms with Gasteiger partial charge in [0.15, 0.2) is 0 Å². The number of rotatable bonds is 7. The van der Waals surface area contributed by atoms with Crippen LogP contribution in [0.2, 0.25) is 0 Å². The van der Waals surface area contributed by atoms with E-state index >= 15 is 0 Å². The maximum absolute atomic E-state index is 13.0. The number of hydrogen-bond donors (Lipinski definition) is 1. The molecule has 1 N–H and O–H groups in total. The topological polar surface area (TPSA) is 88.2 Å². The van der Waals surface area contributed by atoms with Gasteiger partial charge < -0.3 is 24.6 Å². The van der Waals surface area contributed by atoms with Crippen molar-refractivity contribution in [2.75, 3.05) is 38.8 Å². The van der Waals surface area contributed by atoms with Crippen molar-refractivity contribution in [2.24, 2.45) is 0 Å². The number of nitrogens with one attached hydrogen (secondary N) is 1. The van der Waals surface area contributed by atoms with Crippen LogP contribution in [-0.2, 0) is 9.59 Å². The third-order valence-corrected chi connectivity index (χ3v) is 6.29. The molecule has 174 valence electrons. The smallest absolute Gasteiger partial charge is 0.251 e. The predicted molar refractivity (Wildman–Crippen MR) is 124 cm³/mol. The molecule has 3 amide bonds. The van der Waals surface area contributed by atoms with Gasteiger partial charge in [0.2, 0.25) is 11.8 Å². The van der Waals surface area contributed by atoms with E-state index in [4.69, 9.17) is 9.47 Å². The van der Waals surface area contributed by atoms with E-state index in [9.17, 15) is 14.4 Å². The first-order valence-corrected chi connectivity index (χ1v) is 11.2. The standard InChI is InChI=1S/C25H29N3O5/c1-32-19-11-12-20(22(15-19)33-2)21-5-3-14-28(21)24(30)16-26-25(31)17-7-9-18(10-8-17)27-13-4-6-23(27)29/h7-12,15,21H,3-6,13-14,16H2,1-2H3,(H,26,31)/t21-/m1/s1. The molecule has 2 aliphatic rings. The fraction of sp³-hybridized carbons (Fsp3) is 0.400. The van der Waals surface area contributed by atoms with E-state index in [1.165, 1.54) is 0 Å². The number of ether oxygens (including phenoxy) is 2. The highest BCUT2D eigenvalue weighted by molar-refractivity contribution is 5.98. The number of likely N-dealkylation sites (tertiary alicyclic amines) is 1. The maximum atomic E-state index is 13.0. The molecule has 1 atom stereocenters. The maximum Gasteiger partial charge on any atom is 0.251 e. The van der Waals surface area contributed by atoms with Crippen LogP contribution in [0.4, 0.5) is 5.69 Å². The van der Waals surface area contributed by atoms with Gasteiger partial charge in [-0.3, -0.25) is 14.4 Å². The van der Waals surface area contributed by atoms with Gasteiger partial charge in [0, 0.05) is 42.4 Å². The molecule has 0 unspecified atom stereocenters. The highest BCUT2D eigenvalue weighted by Crippen LogP contribution is 2.38. The minimum atomic E-state index is -0.319. The number of methoxy groups -OCH3 is 2. The van der Waals surface area contributed by atoms with E-state index in [1.54, 1.807) is 48.3 Å². The average Bonchev–Trinajstić information content (AvgIpc) is 3.51. The molecule has 0 bridgehead atoms. The summed E-state index contributed by atoms with van der Waals surface area (Å²) in [7, 11) is 3.20. The molecule has 8 nitrogen and oxygen atoms in total. The Hall–Kier alpha value is -3.55. The van der Waals surface area contributed by atoms with Gasteiger partial charge in [0.1, 0.15) is 11.5 Å². The van der Waals surface area contributed by atoms with Crippen LogP contribution >= 0.6 is 0 Å². The summed E-state index contributed by atoms with van der Waals surface area (Å²) in [4.78, 5) is 41.0. The quantitative estimate of drug-likeness (QED) is 0.699. The van der Waals surface area contributed by atoms with E-state index in [0.29, 0.717) is 36.6 Å². The molecular formula is C25H29N3O5. The molecule has 2 saturated heterocycles. The SMILES string of the molecule is COc1ccc([C@H]2CCCN2C(=O)CNC(=O)c2ccc(N3CCCC3=O)cc2)c(OC)c1. The molecule has 8 heteroatoms. The predicted octanol–water partition coefficient (Wildman–Crippen LogP) is 2.92. The van der Waals surface area contributed by atoms with E-state index in [2.05, 4.69) is 5.32 Å². The van der Waals surface area contributed by atoms with Crippen molar-refractivity contribution in [3.05, 3.63) is 53.6 Å². The Morgan fingerprint density at radius 3 is 2.48 bits per heavy atom. The summed E-state index contributed by atoms with van der Waals surface area (Å²) in [5.41, 5.74) is 2.17. The van der Waals surface area contributed by atoms with Crippen molar-refractivity contribution in [1.29, 1.82) is 0 Å². The fourth-order valence-electron chi connectivity index (χ4n) is 4.56. The molecule has 2 aromatic rings. The Balaban J connectivity index is 1.38. The van der Waals surface area contributed by atoms with Gasteiger partial charge in [-0.15, -0.1) is 0 Å². The molecule has 0 aromatic heterocycles.